The normalized spacial score (nSPS) is 18.9. The summed E-state index contributed by atoms with van der Waals surface area (Å²) in [6, 6.07) is 1.82. The summed E-state index contributed by atoms with van der Waals surface area (Å²) in [4.78, 5) is 16.5. The number of amides is 2. The molecule has 0 aromatic heterocycles. The lowest BCUT2D eigenvalue weighted by atomic mass is 9.92. The molecule has 0 radical (unpaired) electrons. The number of nitrogens with one attached hydrogen (secondary N) is 3. The maximum absolute atomic E-state index is 14.1. The second-order valence-electron chi connectivity index (χ2n) is 7.73. The van der Waals surface area contributed by atoms with E-state index in [1.807, 2.05) is 27.7 Å². The average Bonchev–Trinajstić information content (AvgIpc) is 2.69. The summed E-state index contributed by atoms with van der Waals surface area (Å²) >= 11 is 0. The van der Waals surface area contributed by atoms with Gasteiger partial charge in [0.1, 0.15) is 23.4 Å². The molecule has 0 spiro atoms. The molecule has 1 heterocycles. The van der Waals surface area contributed by atoms with Crippen LogP contribution in [0.5, 0.6) is 0 Å². The number of benzene rings is 1. The van der Waals surface area contributed by atoms with Crippen molar-refractivity contribution in [2.24, 2.45) is 10.7 Å². The minimum atomic E-state index is -3.89. The van der Waals surface area contributed by atoms with Crippen molar-refractivity contribution < 1.29 is 22.9 Å². The van der Waals surface area contributed by atoms with Crippen molar-refractivity contribution in [3.8, 4) is 0 Å². The molecule has 0 saturated carbocycles. The van der Waals surface area contributed by atoms with Gasteiger partial charge in [0.25, 0.3) is 0 Å². The van der Waals surface area contributed by atoms with Gasteiger partial charge in [-0.15, -0.1) is 0 Å². The Morgan fingerprint density at radius 2 is 1.94 bits per heavy atom. The van der Waals surface area contributed by atoms with Gasteiger partial charge in [0, 0.05) is 19.0 Å². The van der Waals surface area contributed by atoms with Gasteiger partial charge in [0.15, 0.2) is 9.92 Å². The molecule has 1 aliphatic rings. The zero-order chi connectivity index (χ0) is 23.3. The van der Waals surface area contributed by atoms with Crippen LogP contribution in [-0.4, -0.2) is 42.5 Å². The topological polar surface area (TPSA) is 139 Å². The molecular formula is C20H30FN5O4S. The molecule has 1 unspecified atom stereocenters. The Morgan fingerprint density at radius 1 is 1.35 bits per heavy atom. The highest BCUT2D eigenvalue weighted by molar-refractivity contribution is 7.95. The van der Waals surface area contributed by atoms with Gasteiger partial charge in [0.05, 0.1) is 6.54 Å². The Kier molecular flexibility index (Phi) is 8.02. The lowest BCUT2D eigenvalue weighted by molar-refractivity contribution is 0.0507. The van der Waals surface area contributed by atoms with Gasteiger partial charge in [-0.3, -0.25) is 0 Å². The highest BCUT2D eigenvalue weighted by atomic mass is 32.2. The molecule has 1 aliphatic heterocycles. The Labute approximate surface area is 182 Å². The maximum atomic E-state index is 14.1. The van der Waals surface area contributed by atoms with E-state index in [-0.39, 0.29) is 41.9 Å². The number of urea groups is 1. The van der Waals surface area contributed by atoms with Crippen molar-refractivity contribution >= 4 is 27.5 Å². The van der Waals surface area contributed by atoms with E-state index in [1.54, 1.807) is 0 Å². The van der Waals surface area contributed by atoms with Crippen LogP contribution in [-0.2, 0) is 19.4 Å². The first-order valence-electron chi connectivity index (χ1n) is 9.83. The van der Waals surface area contributed by atoms with E-state index in [9.17, 15) is 13.4 Å². The fourth-order valence-electron chi connectivity index (χ4n) is 3.07. The summed E-state index contributed by atoms with van der Waals surface area (Å²) in [7, 11) is -2.37. The van der Waals surface area contributed by atoms with Crippen molar-refractivity contribution in [2.75, 3.05) is 25.6 Å². The van der Waals surface area contributed by atoms with Gasteiger partial charge in [0.2, 0.25) is 5.90 Å². The number of halogens is 1. The Hall–Kier alpha value is -2.66. The van der Waals surface area contributed by atoms with Crippen LogP contribution < -0.4 is 15.8 Å². The van der Waals surface area contributed by atoms with Crippen LogP contribution in [0.15, 0.2) is 28.2 Å². The first kappa shape index (κ1) is 24.6. The second kappa shape index (κ2) is 10.1. The van der Waals surface area contributed by atoms with Gasteiger partial charge in [-0.2, -0.15) is 0 Å². The van der Waals surface area contributed by atoms with E-state index >= 15 is 0 Å². The Balaban J connectivity index is 2.28. The van der Waals surface area contributed by atoms with E-state index in [0.29, 0.717) is 16.8 Å². The quantitative estimate of drug-likeness (QED) is 0.499. The number of nitrogens with two attached hydrogens (primary N) is 1. The first-order chi connectivity index (χ1) is 14.5. The lowest BCUT2D eigenvalue weighted by Crippen LogP contribution is -2.39. The summed E-state index contributed by atoms with van der Waals surface area (Å²) < 4.78 is 47.9. The Bertz CT molecular complexity index is 960. The number of carbonyl (C=O) groups is 1. The second-order valence-corrected chi connectivity index (χ2v) is 9.48. The first-order valence-corrected chi connectivity index (χ1v) is 11.4. The monoisotopic (exact) mass is 455 g/mol. The van der Waals surface area contributed by atoms with E-state index in [4.69, 9.17) is 20.0 Å². The fourth-order valence-corrected chi connectivity index (χ4v) is 4.05. The number of ether oxygens (including phenoxy) is 2. The molecule has 0 fully saturated rings. The highest BCUT2D eigenvalue weighted by Gasteiger charge is 2.27. The fraction of sp³-hybridized carbons (Fsp3) is 0.500. The minimum Gasteiger partial charge on any atom is -0.474 e. The number of carbonyl (C=O) groups excluding carboxylic acids is 1. The summed E-state index contributed by atoms with van der Waals surface area (Å²) in [5.41, 5.74) is 7.17. The third-order valence-corrected chi connectivity index (χ3v) is 6.14. The van der Waals surface area contributed by atoms with Crippen LogP contribution in [0.4, 0.5) is 14.9 Å². The number of methoxy groups -OCH3 is 1. The van der Waals surface area contributed by atoms with Crippen LogP contribution in [0.2, 0.25) is 0 Å². The van der Waals surface area contributed by atoms with Crippen LogP contribution in [0, 0.1) is 10.6 Å². The number of aliphatic imine (C=N–C) groups is 1. The maximum Gasteiger partial charge on any atom is 0.331 e. The summed E-state index contributed by atoms with van der Waals surface area (Å²) in [5, 5.41) is 2.64. The van der Waals surface area contributed by atoms with E-state index in [2.05, 4.69) is 15.0 Å². The molecule has 9 nitrogen and oxygen atoms in total. The van der Waals surface area contributed by atoms with Crippen molar-refractivity contribution in [2.45, 2.75) is 45.6 Å². The van der Waals surface area contributed by atoms with Crippen LogP contribution >= 0.6 is 0 Å². The number of hydrogen-bond acceptors (Lipinski definition) is 7. The number of nitrogens with zero attached hydrogens (tertiary/aromatic N) is 1. The zero-order valence-electron chi connectivity index (χ0n) is 18.3. The standard InChI is InChI=1S/C20H30FN5O4S/c1-11(2)15-6-13(21)7-16(12(3)4)18(15)25-20(27)26-31(23,28)17(8-22)19-24-9-14(29-5)10-30-19/h6-8,11-12,14H,9-10,22H2,1-5H3,(H3,23,25,26,27,28)/t14-,31?/m0/s1. The van der Waals surface area contributed by atoms with Crippen molar-refractivity contribution in [1.29, 1.82) is 4.78 Å². The summed E-state index contributed by atoms with van der Waals surface area (Å²) in [6.45, 7) is 7.89. The predicted octanol–water partition coefficient (Wildman–Crippen LogP) is 3.40. The number of anilines is 1. The molecule has 31 heavy (non-hydrogen) atoms. The molecule has 5 N–H and O–H groups in total. The molecule has 2 atom stereocenters. The minimum absolute atomic E-state index is 0.0800. The van der Waals surface area contributed by atoms with Crippen LogP contribution in [0.25, 0.3) is 0 Å². The molecule has 0 saturated heterocycles. The molecule has 2 rings (SSSR count). The predicted molar refractivity (Wildman–Crippen MR) is 119 cm³/mol. The van der Waals surface area contributed by atoms with E-state index in [1.165, 1.54) is 19.2 Å². The molecule has 0 bridgehead atoms. The summed E-state index contributed by atoms with van der Waals surface area (Å²) in [5.74, 6) is -0.648. The molecule has 11 heteroatoms. The van der Waals surface area contributed by atoms with Gasteiger partial charge in [-0.05, 0) is 35.1 Å². The van der Waals surface area contributed by atoms with Crippen molar-refractivity contribution in [3.63, 3.8) is 0 Å². The molecular weight excluding hydrogens is 425 g/mol. The van der Waals surface area contributed by atoms with Crippen LogP contribution in [0.3, 0.4) is 0 Å². The van der Waals surface area contributed by atoms with Gasteiger partial charge in [-0.1, -0.05) is 27.7 Å². The summed E-state index contributed by atoms with van der Waals surface area (Å²) in [6.07, 6.45) is 0.668. The largest absolute Gasteiger partial charge is 0.474 e. The van der Waals surface area contributed by atoms with Crippen molar-refractivity contribution in [1.82, 2.24) is 4.72 Å². The SMILES string of the molecule is CO[C@H]1CN=C(C(=CN)S(=N)(=O)NC(=O)Nc2c(C(C)C)cc(F)cc2C(C)C)OC1. The van der Waals surface area contributed by atoms with E-state index in [0.717, 1.165) is 6.20 Å². The van der Waals surface area contributed by atoms with Gasteiger partial charge in [-0.25, -0.2) is 27.9 Å². The van der Waals surface area contributed by atoms with Gasteiger partial charge < -0.3 is 20.5 Å². The Morgan fingerprint density at radius 3 is 2.35 bits per heavy atom. The molecule has 172 valence electrons. The average molecular weight is 456 g/mol. The third kappa shape index (κ3) is 5.95. The zero-order valence-corrected chi connectivity index (χ0v) is 19.1. The molecule has 2 amide bonds. The van der Waals surface area contributed by atoms with E-state index < -0.39 is 21.8 Å². The molecule has 0 aliphatic carbocycles. The highest BCUT2D eigenvalue weighted by Crippen LogP contribution is 2.33. The van der Waals surface area contributed by atoms with Crippen LogP contribution in [0.1, 0.15) is 50.7 Å². The van der Waals surface area contributed by atoms with Crippen molar-refractivity contribution in [3.05, 3.63) is 40.2 Å². The molecule has 1 aromatic rings. The third-order valence-electron chi connectivity index (χ3n) is 4.73. The smallest absolute Gasteiger partial charge is 0.331 e. The molecule has 1 aromatic carbocycles. The van der Waals surface area contributed by atoms with Gasteiger partial charge >= 0.3 is 6.03 Å². The lowest BCUT2D eigenvalue weighted by Gasteiger charge is -2.23. The number of rotatable bonds is 7. The number of hydrogen-bond donors (Lipinski definition) is 4.